The van der Waals surface area contributed by atoms with Crippen LogP contribution in [0.25, 0.3) is 0 Å². The van der Waals surface area contributed by atoms with Crippen LogP contribution in [-0.2, 0) is 10.0 Å². The lowest BCUT2D eigenvalue weighted by atomic mass is 9.85. The number of nitrogen functional groups attached to an aromatic ring is 1. The van der Waals surface area contributed by atoms with E-state index in [0.717, 1.165) is 12.8 Å². The highest BCUT2D eigenvalue weighted by Gasteiger charge is 2.34. The lowest BCUT2D eigenvalue weighted by molar-refractivity contribution is 0.187. The minimum atomic E-state index is -3.48. The number of nitrogens with zero attached hydrogens (tertiary/aromatic N) is 1. The molecule has 1 aliphatic heterocycles. The Morgan fingerprint density at radius 3 is 2.68 bits per heavy atom. The maximum atomic E-state index is 12.7. The number of halogens is 1. The van der Waals surface area contributed by atoms with Crippen molar-refractivity contribution in [3.63, 3.8) is 0 Å². The van der Waals surface area contributed by atoms with Gasteiger partial charge in [0.1, 0.15) is 0 Å². The Kier molecular flexibility index (Phi) is 3.95. The quantitative estimate of drug-likeness (QED) is 0.837. The lowest BCUT2D eigenvalue weighted by Gasteiger charge is -2.37. The minimum absolute atomic E-state index is 0.0259. The van der Waals surface area contributed by atoms with Gasteiger partial charge in [-0.3, -0.25) is 0 Å². The second-order valence-electron chi connectivity index (χ2n) is 5.80. The Morgan fingerprint density at radius 1 is 1.37 bits per heavy atom. The molecule has 4 nitrogen and oxygen atoms in total. The van der Waals surface area contributed by atoms with Crippen LogP contribution in [0.3, 0.4) is 0 Å². The number of hydrogen-bond donors (Lipinski definition) is 1. The maximum Gasteiger partial charge on any atom is 0.244 e. The van der Waals surface area contributed by atoms with Crippen LogP contribution in [0.5, 0.6) is 0 Å². The molecule has 0 bridgehead atoms. The summed E-state index contributed by atoms with van der Waals surface area (Å²) in [7, 11) is -3.48. The first-order chi connectivity index (χ1) is 8.72. The van der Waals surface area contributed by atoms with E-state index in [1.54, 1.807) is 16.4 Å². The molecule has 1 aliphatic rings. The number of rotatable bonds is 2. The highest BCUT2D eigenvalue weighted by molar-refractivity contribution is 9.10. The Hall–Kier alpha value is -0.590. The van der Waals surface area contributed by atoms with E-state index >= 15 is 0 Å². The molecule has 2 rings (SSSR count). The van der Waals surface area contributed by atoms with Crippen molar-refractivity contribution >= 4 is 31.6 Å². The SMILES string of the molecule is CC1(C)CCCN(S(=O)(=O)c2cc(N)ccc2Br)C1. The number of anilines is 1. The van der Waals surface area contributed by atoms with Crippen LogP contribution < -0.4 is 5.73 Å². The molecular weight excluding hydrogens is 328 g/mol. The zero-order chi connectivity index (χ0) is 14.3. The van der Waals surface area contributed by atoms with Gasteiger partial charge in [-0.25, -0.2) is 8.42 Å². The van der Waals surface area contributed by atoms with Gasteiger partial charge in [-0.1, -0.05) is 13.8 Å². The third kappa shape index (κ3) is 3.12. The van der Waals surface area contributed by atoms with Crippen LogP contribution in [0.15, 0.2) is 27.6 Å². The van der Waals surface area contributed by atoms with Gasteiger partial charge in [-0.2, -0.15) is 4.31 Å². The number of benzene rings is 1. The third-order valence-corrected chi connectivity index (χ3v) is 6.28. The topological polar surface area (TPSA) is 63.4 Å². The molecule has 0 aliphatic carbocycles. The van der Waals surface area contributed by atoms with E-state index in [4.69, 9.17) is 5.73 Å². The molecule has 19 heavy (non-hydrogen) atoms. The Bertz CT molecular complexity index is 584. The first-order valence-electron chi connectivity index (χ1n) is 6.28. The largest absolute Gasteiger partial charge is 0.399 e. The van der Waals surface area contributed by atoms with E-state index in [0.29, 0.717) is 23.2 Å². The average Bonchev–Trinajstić information content (AvgIpc) is 2.31. The molecule has 0 amide bonds. The van der Waals surface area contributed by atoms with E-state index < -0.39 is 10.0 Å². The second-order valence-corrected chi connectivity index (χ2v) is 8.56. The zero-order valence-corrected chi connectivity index (χ0v) is 13.6. The zero-order valence-electron chi connectivity index (χ0n) is 11.2. The van der Waals surface area contributed by atoms with Crippen molar-refractivity contribution in [1.29, 1.82) is 0 Å². The van der Waals surface area contributed by atoms with Gasteiger partial charge in [-0.05, 0) is 52.4 Å². The lowest BCUT2D eigenvalue weighted by Crippen LogP contribution is -2.43. The molecule has 0 radical (unpaired) electrons. The molecule has 0 unspecified atom stereocenters. The van der Waals surface area contributed by atoms with Crippen LogP contribution in [-0.4, -0.2) is 25.8 Å². The van der Waals surface area contributed by atoms with Crippen molar-refractivity contribution in [3.8, 4) is 0 Å². The van der Waals surface area contributed by atoms with Crippen LogP contribution in [0.1, 0.15) is 26.7 Å². The highest BCUT2D eigenvalue weighted by atomic mass is 79.9. The number of piperidine rings is 1. The maximum absolute atomic E-state index is 12.7. The predicted molar refractivity (Wildman–Crippen MR) is 80.3 cm³/mol. The number of nitrogens with two attached hydrogens (primary N) is 1. The van der Waals surface area contributed by atoms with E-state index in [2.05, 4.69) is 29.8 Å². The molecule has 1 aromatic rings. The fourth-order valence-corrected chi connectivity index (χ4v) is 5.06. The highest BCUT2D eigenvalue weighted by Crippen LogP contribution is 2.34. The van der Waals surface area contributed by atoms with Gasteiger partial charge in [0.25, 0.3) is 0 Å². The van der Waals surface area contributed by atoms with Gasteiger partial charge in [-0.15, -0.1) is 0 Å². The van der Waals surface area contributed by atoms with Crippen LogP contribution in [0.4, 0.5) is 5.69 Å². The van der Waals surface area contributed by atoms with Crippen molar-refractivity contribution in [1.82, 2.24) is 4.31 Å². The summed E-state index contributed by atoms with van der Waals surface area (Å²) in [6.45, 7) is 5.33. The minimum Gasteiger partial charge on any atom is -0.399 e. The Labute approximate surface area is 123 Å². The molecule has 6 heteroatoms. The molecular formula is C13H19BrN2O2S. The van der Waals surface area contributed by atoms with E-state index in [1.165, 1.54) is 6.07 Å². The third-order valence-electron chi connectivity index (χ3n) is 3.44. The molecule has 0 aromatic heterocycles. The molecule has 1 aromatic carbocycles. The summed E-state index contributed by atoms with van der Waals surface area (Å²) in [5.41, 5.74) is 6.19. The number of sulfonamides is 1. The average molecular weight is 347 g/mol. The summed E-state index contributed by atoms with van der Waals surface area (Å²) in [5.74, 6) is 0. The summed E-state index contributed by atoms with van der Waals surface area (Å²) in [6.07, 6.45) is 1.95. The summed E-state index contributed by atoms with van der Waals surface area (Å²) < 4.78 is 27.5. The summed E-state index contributed by atoms with van der Waals surface area (Å²) in [5, 5.41) is 0. The van der Waals surface area contributed by atoms with E-state index in [1.807, 2.05) is 0 Å². The monoisotopic (exact) mass is 346 g/mol. The smallest absolute Gasteiger partial charge is 0.244 e. The predicted octanol–water partition coefficient (Wildman–Crippen LogP) is 2.84. The van der Waals surface area contributed by atoms with Gasteiger partial charge in [0.2, 0.25) is 10.0 Å². The molecule has 1 saturated heterocycles. The second kappa shape index (κ2) is 5.07. The van der Waals surface area contributed by atoms with Crippen molar-refractivity contribution in [2.75, 3.05) is 18.8 Å². The summed E-state index contributed by atoms with van der Waals surface area (Å²) >= 11 is 3.30. The Balaban J connectivity index is 2.39. The molecule has 1 heterocycles. The first-order valence-corrected chi connectivity index (χ1v) is 8.51. The van der Waals surface area contributed by atoms with Gasteiger partial charge in [0.05, 0.1) is 4.90 Å². The standard InChI is InChI=1S/C13H19BrN2O2S/c1-13(2)6-3-7-16(9-13)19(17,18)12-8-10(15)4-5-11(12)14/h4-5,8H,3,6-7,9,15H2,1-2H3. The summed E-state index contributed by atoms with van der Waals surface area (Å²) in [4.78, 5) is 0.255. The van der Waals surface area contributed by atoms with Crippen LogP contribution in [0.2, 0.25) is 0 Å². The fourth-order valence-electron chi connectivity index (χ4n) is 2.43. The molecule has 2 N–H and O–H groups in total. The van der Waals surface area contributed by atoms with Crippen molar-refractivity contribution < 1.29 is 8.42 Å². The number of hydrogen-bond acceptors (Lipinski definition) is 3. The molecule has 1 fully saturated rings. The fraction of sp³-hybridized carbons (Fsp3) is 0.538. The Morgan fingerprint density at radius 2 is 2.05 bits per heavy atom. The van der Waals surface area contributed by atoms with Gasteiger partial charge in [0.15, 0.2) is 0 Å². The van der Waals surface area contributed by atoms with Crippen molar-refractivity contribution in [3.05, 3.63) is 22.7 Å². The normalized spacial score (nSPS) is 20.4. The van der Waals surface area contributed by atoms with Crippen molar-refractivity contribution in [2.45, 2.75) is 31.6 Å². The molecule has 106 valence electrons. The van der Waals surface area contributed by atoms with Crippen LogP contribution in [0, 0.1) is 5.41 Å². The summed E-state index contributed by atoms with van der Waals surface area (Å²) in [6, 6.07) is 4.88. The van der Waals surface area contributed by atoms with Gasteiger partial charge in [0, 0.05) is 23.2 Å². The molecule has 0 atom stereocenters. The van der Waals surface area contributed by atoms with Crippen LogP contribution >= 0.6 is 15.9 Å². The van der Waals surface area contributed by atoms with E-state index in [-0.39, 0.29) is 10.3 Å². The molecule has 0 spiro atoms. The molecule has 0 saturated carbocycles. The van der Waals surface area contributed by atoms with E-state index in [9.17, 15) is 8.42 Å². The first kappa shape index (κ1) is 14.8. The van der Waals surface area contributed by atoms with Crippen molar-refractivity contribution in [2.24, 2.45) is 5.41 Å². The van der Waals surface area contributed by atoms with Gasteiger partial charge < -0.3 is 5.73 Å². The van der Waals surface area contributed by atoms with Gasteiger partial charge >= 0.3 is 0 Å².